The van der Waals surface area contributed by atoms with E-state index >= 15 is 0 Å². The van der Waals surface area contributed by atoms with E-state index in [0.29, 0.717) is 23.3 Å². The molecule has 6 rings (SSSR count). The van der Waals surface area contributed by atoms with Gasteiger partial charge in [0.25, 0.3) is 11.8 Å². The van der Waals surface area contributed by atoms with Crippen LogP contribution >= 0.6 is 0 Å². The van der Waals surface area contributed by atoms with Crippen molar-refractivity contribution in [2.24, 2.45) is 0 Å². The number of rotatable bonds is 8. The first-order chi connectivity index (χ1) is 23.5. The number of hydrogen-bond donors (Lipinski definition) is 2. The van der Waals surface area contributed by atoms with Crippen LogP contribution in [0.3, 0.4) is 0 Å². The van der Waals surface area contributed by atoms with E-state index in [1.807, 2.05) is 36.4 Å². The summed E-state index contributed by atoms with van der Waals surface area (Å²) in [4.78, 5) is 40.5. The highest BCUT2D eigenvalue weighted by Crippen LogP contribution is 2.42. The van der Waals surface area contributed by atoms with E-state index in [-0.39, 0.29) is 46.1 Å². The zero-order valence-electron chi connectivity index (χ0n) is 32.2. The van der Waals surface area contributed by atoms with Crippen molar-refractivity contribution < 1.29 is 19.3 Å². The number of amides is 2. The Morgan fingerprint density at radius 2 is 0.860 bits per heavy atom. The van der Waals surface area contributed by atoms with Crippen molar-refractivity contribution in [3.8, 4) is 0 Å². The summed E-state index contributed by atoms with van der Waals surface area (Å²) in [5.41, 5.74) is 0.451. The molecule has 2 N–H and O–H groups in total. The molecule has 2 aromatic rings. The highest BCUT2D eigenvalue weighted by molar-refractivity contribution is 6.02. The molecule has 2 heterocycles. The predicted octanol–water partition coefficient (Wildman–Crippen LogP) is 8.87. The molecule has 0 atom stereocenters. The average Bonchev–Trinajstić information content (AvgIpc) is 3.04. The van der Waals surface area contributed by atoms with Crippen LogP contribution in [0.15, 0.2) is 36.4 Å². The third kappa shape index (κ3) is 8.40. The normalized spacial score (nSPS) is 25.4. The minimum atomic E-state index is -0.206. The number of nitrogens with zero attached hydrogens (tertiary/aromatic N) is 2. The molecule has 8 nitrogen and oxygen atoms in total. The molecule has 4 fully saturated rings. The third-order valence-corrected chi connectivity index (χ3v) is 11.8. The first-order valence-electron chi connectivity index (χ1n) is 19.6. The number of carbonyl (C=O) groups is 2. The Morgan fingerprint density at radius 1 is 0.540 bits per heavy atom. The van der Waals surface area contributed by atoms with Crippen molar-refractivity contribution in [1.29, 1.82) is 0 Å². The Morgan fingerprint density at radius 3 is 1.18 bits per heavy atom. The second-order valence-electron chi connectivity index (χ2n) is 18.5. The van der Waals surface area contributed by atoms with Crippen LogP contribution in [0.4, 0.5) is 0 Å². The summed E-state index contributed by atoms with van der Waals surface area (Å²) in [6.45, 7) is 17.9. The maximum atomic E-state index is 13.6. The van der Waals surface area contributed by atoms with Gasteiger partial charge in [-0.15, -0.1) is 0 Å². The number of nitrogens with one attached hydrogen (secondary N) is 2. The Hall–Kier alpha value is -2.52. The monoisotopic (exact) mass is 688 g/mol. The lowest BCUT2D eigenvalue weighted by Gasteiger charge is -2.55. The molecular formula is C42H64N4O4. The summed E-state index contributed by atoms with van der Waals surface area (Å²) in [5, 5.41) is 13.1. The molecule has 2 amide bonds. The number of benzene rings is 2. The largest absolute Gasteiger partial charge is 0.349 e. The Bertz CT molecular complexity index is 1370. The fourth-order valence-electron chi connectivity index (χ4n) is 10.0. The van der Waals surface area contributed by atoms with Crippen LogP contribution in [0.25, 0.3) is 10.8 Å². The Balaban J connectivity index is 1.07. The maximum Gasteiger partial charge on any atom is 0.251 e. The van der Waals surface area contributed by atoms with Crippen LogP contribution in [0.2, 0.25) is 0 Å². The highest BCUT2D eigenvalue weighted by atomic mass is 16.7. The molecule has 2 saturated carbocycles. The standard InChI is InChI=1S/C42H64N4O4/c1-39(2)25-33(26-40(3,4)45(39)49-35-15-11-9-12-16-35)43-37(47)31-21-19-30-24-32(22-20-29(30)23-31)38(48)44-34-27-41(5,6)46(42(7,8)28-34)50-36-17-13-10-14-18-36/h19-24,33-36H,9-18,25-28H2,1-8H3,(H,43,47)(H,44,48). The van der Waals surface area contributed by atoms with E-state index in [0.717, 1.165) is 62.1 Å². The van der Waals surface area contributed by atoms with Gasteiger partial charge in [-0.3, -0.25) is 19.3 Å². The van der Waals surface area contributed by atoms with E-state index < -0.39 is 0 Å². The minimum Gasteiger partial charge on any atom is -0.349 e. The molecule has 0 bridgehead atoms. The molecule has 4 aliphatic rings. The number of fused-ring (bicyclic) bond motifs is 1. The summed E-state index contributed by atoms with van der Waals surface area (Å²) in [6.07, 6.45) is 16.0. The molecule has 2 aromatic carbocycles. The van der Waals surface area contributed by atoms with E-state index in [4.69, 9.17) is 9.68 Å². The Labute approximate surface area is 301 Å². The van der Waals surface area contributed by atoms with Crippen molar-refractivity contribution in [3.05, 3.63) is 47.5 Å². The molecule has 2 aliphatic heterocycles. The van der Waals surface area contributed by atoms with Gasteiger partial charge in [-0.2, -0.15) is 10.1 Å². The lowest BCUT2D eigenvalue weighted by Crippen LogP contribution is -2.64. The van der Waals surface area contributed by atoms with Gasteiger partial charge in [-0.05, 0) is 142 Å². The first-order valence-corrected chi connectivity index (χ1v) is 19.6. The van der Waals surface area contributed by atoms with Crippen LogP contribution in [-0.4, -0.2) is 68.4 Å². The molecule has 50 heavy (non-hydrogen) atoms. The fourth-order valence-corrected chi connectivity index (χ4v) is 10.0. The third-order valence-electron chi connectivity index (χ3n) is 11.8. The van der Waals surface area contributed by atoms with Gasteiger partial charge in [-0.1, -0.05) is 50.7 Å². The van der Waals surface area contributed by atoms with Crippen LogP contribution in [0.5, 0.6) is 0 Å². The predicted molar refractivity (Wildman–Crippen MR) is 201 cm³/mol. The summed E-state index contributed by atoms with van der Waals surface area (Å²) >= 11 is 0. The molecule has 0 unspecified atom stereocenters. The Kier molecular flexibility index (Phi) is 10.8. The molecular weight excluding hydrogens is 624 g/mol. The molecule has 0 aromatic heterocycles. The van der Waals surface area contributed by atoms with Crippen LogP contribution in [-0.2, 0) is 9.68 Å². The van der Waals surface area contributed by atoms with Gasteiger partial charge in [0.1, 0.15) is 0 Å². The SMILES string of the molecule is CC1(C)CC(NC(=O)c2ccc3cc(C(=O)NC4CC(C)(C)N(OC5CCCCC5)C(C)(C)C4)ccc3c2)CC(C)(C)N1OC1CCCCC1. The molecule has 2 aliphatic carbocycles. The van der Waals surface area contributed by atoms with E-state index in [9.17, 15) is 9.59 Å². The van der Waals surface area contributed by atoms with Gasteiger partial charge in [0.05, 0.1) is 12.2 Å². The van der Waals surface area contributed by atoms with Gasteiger partial charge < -0.3 is 10.6 Å². The molecule has 0 radical (unpaired) electrons. The average molecular weight is 689 g/mol. The van der Waals surface area contributed by atoms with Crippen LogP contribution in [0, 0.1) is 0 Å². The summed E-state index contributed by atoms with van der Waals surface area (Å²) in [7, 11) is 0. The van der Waals surface area contributed by atoms with Gasteiger partial charge in [0, 0.05) is 45.4 Å². The minimum absolute atomic E-state index is 0.0427. The second kappa shape index (κ2) is 14.5. The van der Waals surface area contributed by atoms with Gasteiger partial charge in [0.15, 0.2) is 0 Å². The van der Waals surface area contributed by atoms with E-state index in [2.05, 4.69) is 76.1 Å². The van der Waals surface area contributed by atoms with Gasteiger partial charge >= 0.3 is 0 Å². The summed E-state index contributed by atoms with van der Waals surface area (Å²) < 4.78 is 0. The van der Waals surface area contributed by atoms with E-state index in [1.54, 1.807) is 0 Å². The van der Waals surface area contributed by atoms with Gasteiger partial charge in [-0.25, -0.2) is 0 Å². The second-order valence-corrected chi connectivity index (χ2v) is 18.5. The first kappa shape index (κ1) is 37.2. The van der Waals surface area contributed by atoms with Crippen molar-refractivity contribution >= 4 is 22.6 Å². The lowest BCUT2D eigenvalue weighted by atomic mass is 9.78. The topological polar surface area (TPSA) is 83.1 Å². The number of carbonyl (C=O) groups excluding carboxylic acids is 2. The maximum absolute atomic E-state index is 13.6. The van der Waals surface area contributed by atoms with Crippen molar-refractivity contribution in [3.63, 3.8) is 0 Å². The zero-order valence-corrected chi connectivity index (χ0v) is 32.2. The molecule has 8 heteroatoms. The van der Waals surface area contributed by atoms with Crippen molar-refractivity contribution in [2.45, 2.75) is 192 Å². The van der Waals surface area contributed by atoms with Crippen molar-refractivity contribution in [2.75, 3.05) is 0 Å². The zero-order chi connectivity index (χ0) is 35.9. The number of piperidine rings is 2. The number of hydrogen-bond acceptors (Lipinski definition) is 6. The summed E-state index contributed by atoms with van der Waals surface area (Å²) in [5.74, 6) is -0.119. The summed E-state index contributed by atoms with van der Waals surface area (Å²) in [6, 6.07) is 11.6. The van der Waals surface area contributed by atoms with E-state index in [1.165, 1.54) is 38.5 Å². The lowest BCUT2D eigenvalue weighted by molar-refractivity contribution is -0.310. The highest BCUT2D eigenvalue weighted by Gasteiger charge is 2.49. The van der Waals surface area contributed by atoms with Crippen molar-refractivity contribution in [1.82, 2.24) is 20.8 Å². The smallest absolute Gasteiger partial charge is 0.251 e. The number of hydroxylamine groups is 4. The quantitative estimate of drug-likeness (QED) is 0.288. The van der Waals surface area contributed by atoms with Gasteiger partial charge in [0.2, 0.25) is 0 Å². The van der Waals surface area contributed by atoms with Crippen LogP contribution in [0.1, 0.15) is 166 Å². The molecule has 0 spiro atoms. The molecule has 2 saturated heterocycles. The molecule has 276 valence electrons. The van der Waals surface area contributed by atoms with Crippen LogP contribution < -0.4 is 10.6 Å². The fraction of sp³-hybridized carbons (Fsp3) is 0.714.